The standard InChI is InChI=1S/C12H18N2O3S2/c1-2-18(15)6-5-14-19(16,17)12-4-3-10-8-13-9-11(10)7-12/h3-4,7,13-14H,2,5-6,8-9H2,1H3. The molecule has 0 amide bonds. The molecule has 1 heterocycles. The number of nitrogens with one attached hydrogen (secondary N) is 2. The molecule has 0 aromatic heterocycles. The van der Waals surface area contributed by atoms with Crippen LogP contribution >= 0.6 is 0 Å². The second-order valence-electron chi connectivity index (χ2n) is 4.36. The summed E-state index contributed by atoms with van der Waals surface area (Å²) in [6.45, 7) is 3.52. The number of hydrogen-bond acceptors (Lipinski definition) is 4. The first kappa shape index (κ1) is 14.6. The van der Waals surface area contributed by atoms with Crippen LogP contribution in [0.5, 0.6) is 0 Å². The van der Waals surface area contributed by atoms with Gasteiger partial charge < -0.3 is 5.32 Å². The van der Waals surface area contributed by atoms with Gasteiger partial charge in [-0.15, -0.1) is 0 Å². The van der Waals surface area contributed by atoms with Gasteiger partial charge in [0.05, 0.1) is 4.90 Å². The number of rotatable bonds is 6. The molecule has 1 aliphatic rings. The number of benzene rings is 1. The van der Waals surface area contributed by atoms with Crippen molar-refractivity contribution < 1.29 is 12.6 Å². The Morgan fingerprint density at radius 3 is 2.79 bits per heavy atom. The first-order valence-corrected chi connectivity index (χ1v) is 9.17. The summed E-state index contributed by atoms with van der Waals surface area (Å²) in [4.78, 5) is 0.275. The second kappa shape index (κ2) is 6.13. The van der Waals surface area contributed by atoms with E-state index in [1.54, 1.807) is 12.1 Å². The minimum absolute atomic E-state index is 0.206. The molecule has 2 N–H and O–H groups in total. The van der Waals surface area contributed by atoms with E-state index in [1.807, 2.05) is 13.0 Å². The summed E-state index contributed by atoms with van der Waals surface area (Å²) in [5, 5.41) is 3.18. The van der Waals surface area contributed by atoms with Gasteiger partial charge in [0.1, 0.15) is 0 Å². The van der Waals surface area contributed by atoms with Gasteiger partial charge in [-0.1, -0.05) is 13.0 Å². The van der Waals surface area contributed by atoms with Crippen LogP contribution in [0, 0.1) is 0 Å². The lowest BCUT2D eigenvalue weighted by Crippen LogP contribution is -2.28. The van der Waals surface area contributed by atoms with Gasteiger partial charge in [-0.3, -0.25) is 4.21 Å². The first-order chi connectivity index (χ1) is 9.03. The van der Waals surface area contributed by atoms with Crippen LogP contribution in [-0.2, 0) is 33.9 Å². The highest BCUT2D eigenvalue weighted by molar-refractivity contribution is 7.89. The van der Waals surface area contributed by atoms with Gasteiger partial charge in [0.15, 0.2) is 0 Å². The zero-order chi connectivity index (χ0) is 13.9. The van der Waals surface area contributed by atoms with Crippen LogP contribution in [0.3, 0.4) is 0 Å². The number of sulfonamides is 1. The fourth-order valence-electron chi connectivity index (χ4n) is 1.96. The lowest BCUT2D eigenvalue weighted by atomic mass is 10.1. The summed E-state index contributed by atoms with van der Waals surface area (Å²) in [6.07, 6.45) is 0. The second-order valence-corrected chi connectivity index (χ2v) is 8.00. The van der Waals surface area contributed by atoms with Crippen molar-refractivity contribution in [2.24, 2.45) is 0 Å². The summed E-state index contributed by atoms with van der Waals surface area (Å²) in [7, 11) is -4.45. The predicted molar refractivity (Wildman–Crippen MR) is 75.7 cm³/mol. The Hall–Kier alpha value is -0.760. The molecule has 0 spiro atoms. The van der Waals surface area contributed by atoms with E-state index in [0.29, 0.717) is 18.1 Å². The minimum atomic E-state index is -3.50. The van der Waals surface area contributed by atoms with Crippen LogP contribution < -0.4 is 10.0 Å². The summed E-state index contributed by atoms with van der Waals surface area (Å²) >= 11 is 0. The molecule has 1 aromatic rings. The Labute approximate surface area is 116 Å². The van der Waals surface area contributed by atoms with Crippen molar-refractivity contribution in [1.29, 1.82) is 0 Å². The van der Waals surface area contributed by atoms with E-state index in [9.17, 15) is 12.6 Å². The van der Waals surface area contributed by atoms with Crippen LogP contribution in [0.1, 0.15) is 18.1 Å². The minimum Gasteiger partial charge on any atom is -0.309 e. The van der Waals surface area contributed by atoms with Gasteiger partial charge in [0.25, 0.3) is 0 Å². The van der Waals surface area contributed by atoms with Crippen LogP contribution in [0.4, 0.5) is 0 Å². The molecule has 19 heavy (non-hydrogen) atoms. The van der Waals surface area contributed by atoms with E-state index < -0.39 is 20.8 Å². The van der Waals surface area contributed by atoms with Crippen LogP contribution in [0.15, 0.2) is 23.1 Å². The van der Waals surface area contributed by atoms with Crippen molar-refractivity contribution in [3.05, 3.63) is 29.3 Å². The predicted octanol–water partition coefficient (Wildman–Crippen LogP) is 0.337. The third-order valence-corrected chi connectivity index (χ3v) is 5.82. The average molecular weight is 302 g/mol. The van der Waals surface area contributed by atoms with Gasteiger partial charge in [0, 0.05) is 41.9 Å². The third kappa shape index (κ3) is 3.62. The molecule has 5 nitrogen and oxygen atoms in total. The normalized spacial score (nSPS) is 16.3. The molecule has 7 heteroatoms. The smallest absolute Gasteiger partial charge is 0.240 e. The van der Waals surface area contributed by atoms with Crippen molar-refractivity contribution in [1.82, 2.24) is 10.0 Å². The van der Waals surface area contributed by atoms with Crippen LogP contribution in [0.25, 0.3) is 0 Å². The maximum absolute atomic E-state index is 12.1. The molecule has 2 rings (SSSR count). The van der Waals surface area contributed by atoms with E-state index in [0.717, 1.165) is 17.7 Å². The van der Waals surface area contributed by atoms with Gasteiger partial charge in [-0.05, 0) is 23.3 Å². The fraction of sp³-hybridized carbons (Fsp3) is 0.500. The molecular weight excluding hydrogens is 284 g/mol. The zero-order valence-corrected chi connectivity index (χ0v) is 12.4. The van der Waals surface area contributed by atoms with Crippen molar-refractivity contribution >= 4 is 20.8 Å². The highest BCUT2D eigenvalue weighted by Crippen LogP contribution is 2.19. The quantitative estimate of drug-likeness (QED) is 0.794. The molecule has 1 unspecified atom stereocenters. The Morgan fingerprint density at radius 1 is 1.32 bits per heavy atom. The fourth-order valence-corrected chi connectivity index (χ4v) is 3.79. The van der Waals surface area contributed by atoms with E-state index in [4.69, 9.17) is 0 Å². The maximum atomic E-state index is 12.1. The lowest BCUT2D eigenvalue weighted by molar-refractivity contribution is 0.584. The lowest BCUT2D eigenvalue weighted by Gasteiger charge is -2.08. The highest BCUT2D eigenvalue weighted by atomic mass is 32.2. The van der Waals surface area contributed by atoms with E-state index >= 15 is 0 Å². The van der Waals surface area contributed by atoms with Crippen molar-refractivity contribution in [2.75, 3.05) is 18.1 Å². The Morgan fingerprint density at radius 2 is 2.05 bits per heavy atom. The molecule has 0 bridgehead atoms. The first-order valence-electron chi connectivity index (χ1n) is 6.20. The molecule has 106 valence electrons. The van der Waals surface area contributed by atoms with Gasteiger partial charge in [-0.2, -0.15) is 0 Å². The molecule has 1 atom stereocenters. The van der Waals surface area contributed by atoms with Gasteiger partial charge in [0.2, 0.25) is 10.0 Å². The Kier molecular flexibility index (Phi) is 4.72. The summed E-state index contributed by atoms with van der Waals surface area (Å²) in [6, 6.07) is 5.16. The van der Waals surface area contributed by atoms with Crippen LogP contribution in [0.2, 0.25) is 0 Å². The van der Waals surface area contributed by atoms with Gasteiger partial charge >= 0.3 is 0 Å². The highest BCUT2D eigenvalue weighted by Gasteiger charge is 2.17. The SMILES string of the molecule is CCS(=O)CCNS(=O)(=O)c1ccc2c(c1)CNC2. The monoisotopic (exact) mass is 302 g/mol. The summed E-state index contributed by atoms with van der Waals surface area (Å²) in [5.41, 5.74) is 2.17. The molecule has 1 aliphatic heterocycles. The Balaban J connectivity index is 2.05. The summed E-state index contributed by atoms with van der Waals surface area (Å²) in [5.74, 6) is 0.897. The summed E-state index contributed by atoms with van der Waals surface area (Å²) < 4.78 is 37.9. The molecule has 0 aliphatic carbocycles. The number of fused-ring (bicyclic) bond motifs is 1. The van der Waals surface area contributed by atoms with Gasteiger partial charge in [-0.25, -0.2) is 13.1 Å². The largest absolute Gasteiger partial charge is 0.309 e. The van der Waals surface area contributed by atoms with Crippen molar-refractivity contribution in [3.63, 3.8) is 0 Å². The third-order valence-electron chi connectivity index (χ3n) is 3.06. The molecular formula is C12H18N2O3S2. The average Bonchev–Trinajstić information content (AvgIpc) is 2.85. The van der Waals surface area contributed by atoms with E-state index in [2.05, 4.69) is 10.0 Å². The zero-order valence-electron chi connectivity index (χ0n) is 10.8. The molecule has 0 saturated carbocycles. The molecule has 0 saturated heterocycles. The topological polar surface area (TPSA) is 75.3 Å². The molecule has 0 radical (unpaired) electrons. The molecule has 1 aromatic carbocycles. The molecule has 0 fully saturated rings. The van der Waals surface area contributed by atoms with E-state index in [-0.39, 0.29) is 11.4 Å². The maximum Gasteiger partial charge on any atom is 0.240 e. The van der Waals surface area contributed by atoms with Crippen molar-refractivity contribution in [3.8, 4) is 0 Å². The van der Waals surface area contributed by atoms with E-state index in [1.165, 1.54) is 0 Å². The number of hydrogen-bond donors (Lipinski definition) is 2. The van der Waals surface area contributed by atoms with Crippen LogP contribution in [-0.4, -0.2) is 30.7 Å². The van der Waals surface area contributed by atoms with Crippen molar-refractivity contribution in [2.45, 2.75) is 24.9 Å². The Bertz CT molecular complexity index is 585.